The van der Waals surface area contributed by atoms with Gasteiger partial charge in [-0.25, -0.2) is 0 Å². The van der Waals surface area contributed by atoms with E-state index in [1.165, 1.54) is 6.92 Å². The van der Waals surface area contributed by atoms with Crippen molar-refractivity contribution in [3.63, 3.8) is 0 Å². The fourth-order valence-corrected chi connectivity index (χ4v) is 2.82. The zero-order valence-electron chi connectivity index (χ0n) is 20.2. The maximum atomic E-state index is 7.86. The summed E-state index contributed by atoms with van der Waals surface area (Å²) in [7, 11) is 9.95. The lowest BCUT2D eigenvalue weighted by Gasteiger charge is -2.35. The average molecular weight is 427 g/mol. The van der Waals surface area contributed by atoms with E-state index >= 15 is 0 Å². The largest absolute Gasteiger partial charge is 0.513 e. The predicted octanol–water partition coefficient (Wildman–Crippen LogP) is 2.96. The van der Waals surface area contributed by atoms with Crippen LogP contribution in [0.25, 0.3) is 0 Å². The van der Waals surface area contributed by atoms with Crippen LogP contribution in [-0.2, 0) is 33.2 Å². The van der Waals surface area contributed by atoms with Crippen molar-refractivity contribution >= 4 is 0 Å². The Bertz CT molecular complexity index is 286. The molecule has 0 fully saturated rings. The van der Waals surface area contributed by atoms with Gasteiger partial charge < -0.3 is 38.3 Å². The number of allylic oxidation sites excluding steroid dienone is 1. The van der Waals surface area contributed by atoms with Crippen molar-refractivity contribution in [3.05, 3.63) is 12.3 Å². The summed E-state index contributed by atoms with van der Waals surface area (Å²) >= 11 is 0. The summed E-state index contributed by atoms with van der Waals surface area (Å²) in [4.78, 5) is 0. The van der Waals surface area contributed by atoms with Crippen LogP contribution < -0.4 is 0 Å². The molecule has 8 heteroatoms. The molecule has 0 heterocycles. The summed E-state index contributed by atoms with van der Waals surface area (Å²) in [6, 6.07) is 0. The van der Waals surface area contributed by atoms with Gasteiger partial charge in [0.25, 0.3) is 0 Å². The number of ether oxygens (including phenoxy) is 7. The van der Waals surface area contributed by atoms with Gasteiger partial charge >= 0.3 is 0 Å². The molecule has 1 N–H and O–H groups in total. The fraction of sp³-hybridized carbons (Fsp3) is 0.905. The standard InChI is InChI=1S/C16H34O7.C3H6O.C2H6/c1-17-7-15(8-18-2,9-19-3)13-23-14-16(10-20-4,11-21-5)12-22-6;1-3(2)4;1-2/h7-14H2,1-6H3;4H,1H2,2H3;1-2H3. The first-order chi connectivity index (χ1) is 13.8. The van der Waals surface area contributed by atoms with Crippen molar-refractivity contribution in [2.24, 2.45) is 10.8 Å². The van der Waals surface area contributed by atoms with E-state index in [9.17, 15) is 0 Å². The second-order valence-corrected chi connectivity index (χ2v) is 6.83. The monoisotopic (exact) mass is 426 g/mol. The van der Waals surface area contributed by atoms with E-state index in [2.05, 4.69) is 6.58 Å². The van der Waals surface area contributed by atoms with Gasteiger partial charge in [0.05, 0.1) is 69.4 Å². The third-order valence-electron chi connectivity index (χ3n) is 3.52. The molecule has 178 valence electrons. The van der Waals surface area contributed by atoms with E-state index in [1.54, 1.807) is 42.7 Å². The lowest BCUT2D eigenvalue weighted by atomic mass is 9.90. The molecule has 8 nitrogen and oxygen atoms in total. The number of rotatable bonds is 16. The molecule has 29 heavy (non-hydrogen) atoms. The molecule has 0 aliphatic rings. The van der Waals surface area contributed by atoms with Crippen LogP contribution in [0.15, 0.2) is 12.3 Å². The molecule has 0 saturated carbocycles. The van der Waals surface area contributed by atoms with Gasteiger partial charge in [0, 0.05) is 42.7 Å². The SMILES string of the molecule is C=C(C)O.CC.COCC(COC)(COC)COCC(COC)(COC)COC. The minimum atomic E-state index is -0.350. The molecule has 0 spiro atoms. The lowest BCUT2D eigenvalue weighted by Crippen LogP contribution is -2.45. The predicted molar refractivity (Wildman–Crippen MR) is 116 cm³/mol. The van der Waals surface area contributed by atoms with Crippen LogP contribution >= 0.6 is 0 Å². The second-order valence-electron chi connectivity index (χ2n) is 6.83. The Labute approximate surface area is 178 Å². The Morgan fingerprint density at radius 3 is 0.897 bits per heavy atom. The zero-order chi connectivity index (χ0) is 23.2. The van der Waals surface area contributed by atoms with E-state index in [-0.39, 0.29) is 16.6 Å². The van der Waals surface area contributed by atoms with E-state index in [0.29, 0.717) is 52.9 Å². The van der Waals surface area contributed by atoms with Gasteiger partial charge in [-0.2, -0.15) is 0 Å². The summed E-state index contributed by atoms with van der Waals surface area (Å²) in [5, 5.41) is 7.86. The van der Waals surface area contributed by atoms with E-state index in [0.717, 1.165) is 0 Å². The third kappa shape index (κ3) is 17.8. The van der Waals surface area contributed by atoms with Crippen LogP contribution in [0.3, 0.4) is 0 Å². The van der Waals surface area contributed by atoms with Crippen LogP contribution in [0.5, 0.6) is 0 Å². The molecule has 0 bridgehead atoms. The summed E-state index contributed by atoms with van der Waals surface area (Å²) in [6.45, 7) is 12.5. The average Bonchev–Trinajstić information content (AvgIpc) is 2.64. The van der Waals surface area contributed by atoms with Crippen molar-refractivity contribution in [2.45, 2.75) is 20.8 Å². The van der Waals surface area contributed by atoms with Crippen LogP contribution in [-0.4, -0.2) is 101 Å². The number of aliphatic hydroxyl groups excluding tert-OH is 1. The van der Waals surface area contributed by atoms with Gasteiger partial charge in [-0.15, -0.1) is 0 Å². The Morgan fingerprint density at radius 2 is 0.759 bits per heavy atom. The van der Waals surface area contributed by atoms with Crippen LogP contribution in [0.1, 0.15) is 20.8 Å². The quantitative estimate of drug-likeness (QED) is 0.377. The highest BCUT2D eigenvalue weighted by Crippen LogP contribution is 2.24. The number of methoxy groups -OCH3 is 6. The highest BCUT2D eigenvalue weighted by molar-refractivity contribution is 4.82. The van der Waals surface area contributed by atoms with Crippen LogP contribution in [0.4, 0.5) is 0 Å². The van der Waals surface area contributed by atoms with Crippen molar-refractivity contribution in [2.75, 3.05) is 95.5 Å². The molecule has 0 aromatic heterocycles. The highest BCUT2D eigenvalue weighted by Gasteiger charge is 2.35. The van der Waals surface area contributed by atoms with E-state index in [1.807, 2.05) is 13.8 Å². The molecule has 0 aliphatic carbocycles. The number of aliphatic hydroxyl groups is 1. The third-order valence-corrected chi connectivity index (χ3v) is 3.52. The Hall–Kier alpha value is -0.740. The topological polar surface area (TPSA) is 84.8 Å². The van der Waals surface area contributed by atoms with Gasteiger partial charge in [0.1, 0.15) is 0 Å². The zero-order valence-corrected chi connectivity index (χ0v) is 20.2. The molecule has 0 aromatic rings. The second kappa shape index (κ2) is 22.0. The van der Waals surface area contributed by atoms with Gasteiger partial charge in [0.2, 0.25) is 0 Å². The fourth-order valence-electron chi connectivity index (χ4n) is 2.82. The maximum Gasteiger partial charge on any atom is 0.0820 e. The summed E-state index contributed by atoms with van der Waals surface area (Å²) in [5.41, 5.74) is -0.700. The molecule has 0 saturated heterocycles. The summed E-state index contributed by atoms with van der Waals surface area (Å²) in [6.07, 6.45) is 0. The first-order valence-electron chi connectivity index (χ1n) is 9.66. The minimum absolute atomic E-state index is 0.167. The van der Waals surface area contributed by atoms with Crippen molar-refractivity contribution in [3.8, 4) is 0 Å². The first-order valence-corrected chi connectivity index (χ1v) is 9.66. The molecule has 0 radical (unpaired) electrons. The summed E-state index contributed by atoms with van der Waals surface area (Å²) < 4.78 is 37.9. The Morgan fingerprint density at radius 1 is 0.586 bits per heavy atom. The smallest absolute Gasteiger partial charge is 0.0820 e. The molecule has 0 unspecified atom stereocenters. The first kappa shape index (κ1) is 32.9. The minimum Gasteiger partial charge on any atom is -0.513 e. The van der Waals surface area contributed by atoms with Crippen LogP contribution in [0, 0.1) is 10.8 Å². The van der Waals surface area contributed by atoms with Crippen molar-refractivity contribution in [1.29, 1.82) is 0 Å². The van der Waals surface area contributed by atoms with Crippen molar-refractivity contribution < 1.29 is 38.3 Å². The van der Waals surface area contributed by atoms with Crippen LogP contribution in [0.2, 0.25) is 0 Å². The Kier molecular flexibility index (Phi) is 24.9. The molecule has 0 aliphatic heterocycles. The lowest BCUT2D eigenvalue weighted by molar-refractivity contribution is -0.125. The molecule has 0 amide bonds. The molecule has 0 atom stereocenters. The van der Waals surface area contributed by atoms with E-state index in [4.69, 9.17) is 38.3 Å². The van der Waals surface area contributed by atoms with Gasteiger partial charge in [-0.3, -0.25) is 0 Å². The summed E-state index contributed by atoms with van der Waals surface area (Å²) in [5.74, 6) is 0.167. The van der Waals surface area contributed by atoms with Gasteiger partial charge in [-0.1, -0.05) is 20.4 Å². The van der Waals surface area contributed by atoms with Gasteiger partial charge in [-0.05, 0) is 6.92 Å². The Balaban J connectivity index is -0.000000994. The van der Waals surface area contributed by atoms with Gasteiger partial charge in [0.15, 0.2) is 0 Å². The van der Waals surface area contributed by atoms with E-state index < -0.39 is 0 Å². The normalized spacial score (nSPS) is 11.2. The molecular weight excluding hydrogens is 380 g/mol. The highest BCUT2D eigenvalue weighted by atomic mass is 16.5. The molecule has 0 rings (SSSR count). The molecule has 0 aromatic carbocycles. The van der Waals surface area contributed by atoms with Crippen molar-refractivity contribution in [1.82, 2.24) is 0 Å². The molecular formula is C21H46O8. The number of hydrogen-bond donors (Lipinski definition) is 1. The maximum absolute atomic E-state index is 7.86. The number of hydrogen-bond acceptors (Lipinski definition) is 8.